The number of halogens is 2. The normalized spacial score (nSPS) is 10.8. The Morgan fingerprint density at radius 3 is 2.69 bits per heavy atom. The molecule has 1 aromatic carbocycles. The van der Waals surface area contributed by atoms with E-state index in [1.807, 2.05) is 12.1 Å². The van der Waals surface area contributed by atoms with Crippen LogP contribution in [0.2, 0.25) is 5.02 Å². The Morgan fingerprint density at radius 2 is 2.06 bits per heavy atom. The predicted molar refractivity (Wildman–Crippen MR) is 69.0 cm³/mol. The van der Waals surface area contributed by atoms with E-state index in [1.165, 1.54) is 4.90 Å². The number of H-pyrrole nitrogens is 1. The number of nitrogens with zero attached hydrogens (tertiary/aromatic N) is 1. The lowest BCUT2D eigenvalue weighted by Gasteiger charge is -2.07. The van der Waals surface area contributed by atoms with E-state index >= 15 is 0 Å². The van der Waals surface area contributed by atoms with Gasteiger partial charge in [0.15, 0.2) is 0 Å². The molecule has 3 nitrogen and oxygen atoms in total. The first-order valence-electron chi connectivity index (χ1n) is 4.68. The zero-order valence-electron chi connectivity index (χ0n) is 8.84. The Labute approximate surface area is 107 Å². The summed E-state index contributed by atoms with van der Waals surface area (Å²) in [6.45, 7) is 0. The van der Waals surface area contributed by atoms with Gasteiger partial charge >= 0.3 is 0 Å². The van der Waals surface area contributed by atoms with E-state index in [0.29, 0.717) is 10.7 Å². The fourth-order valence-electron chi connectivity index (χ4n) is 1.52. The molecule has 1 heterocycles. The SMILES string of the molecule is CN(C)C(=O)c1cc2c(Br)cc(Cl)cc2[nH]1. The van der Waals surface area contributed by atoms with Crippen molar-refractivity contribution in [2.75, 3.05) is 14.1 Å². The highest BCUT2D eigenvalue weighted by Crippen LogP contribution is 2.28. The maximum Gasteiger partial charge on any atom is 0.269 e. The van der Waals surface area contributed by atoms with E-state index in [0.717, 1.165) is 15.4 Å². The number of fused-ring (bicyclic) bond motifs is 1. The van der Waals surface area contributed by atoms with E-state index in [1.54, 1.807) is 20.2 Å². The molecule has 1 amide bonds. The lowest BCUT2D eigenvalue weighted by molar-refractivity contribution is 0.0823. The highest BCUT2D eigenvalue weighted by molar-refractivity contribution is 9.10. The number of rotatable bonds is 1. The molecule has 0 atom stereocenters. The molecule has 0 unspecified atom stereocenters. The Morgan fingerprint density at radius 1 is 1.38 bits per heavy atom. The molecule has 84 valence electrons. The predicted octanol–water partition coefficient (Wildman–Crippen LogP) is 3.29. The molecule has 0 saturated heterocycles. The molecule has 5 heteroatoms. The van der Waals surface area contributed by atoms with Crippen LogP contribution in [0.3, 0.4) is 0 Å². The molecule has 0 bridgehead atoms. The molecular formula is C11H10BrClN2O. The van der Waals surface area contributed by atoms with Crippen LogP contribution in [-0.2, 0) is 0 Å². The van der Waals surface area contributed by atoms with Gasteiger partial charge in [0.25, 0.3) is 5.91 Å². The highest BCUT2D eigenvalue weighted by Gasteiger charge is 2.13. The first kappa shape index (κ1) is 11.5. The number of carbonyl (C=O) groups excluding carboxylic acids is 1. The number of nitrogens with one attached hydrogen (secondary N) is 1. The van der Waals surface area contributed by atoms with Gasteiger partial charge < -0.3 is 9.88 Å². The van der Waals surface area contributed by atoms with Gasteiger partial charge in [-0.2, -0.15) is 0 Å². The van der Waals surface area contributed by atoms with E-state index < -0.39 is 0 Å². The Kier molecular flexibility index (Phi) is 2.95. The Bertz CT molecular complexity index is 562. The molecule has 0 saturated carbocycles. The number of carbonyl (C=O) groups is 1. The molecule has 0 aliphatic heterocycles. The van der Waals surface area contributed by atoms with E-state index in [-0.39, 0.29) is 5.91 Å². The van der Waals surface area contributed by atoms with Crippen LogP contribution in [0.1, 0.15) is 10.5 Å². The summed E-state index contributed by atoms with van der Waals surface area (Å²) in [5, 5.41) is 1.58. The molecule has 16 heavy (non-hydrogen) atoms. The van der Waals surface area contributed by atoms with Crippen molar-refractivity contribution >= 4 is 44.3 Å². The molecule has 1 aromatic heterocycles. The van der Waals surface area contributed by atoms with Crippen molar-refractivity contribution in [2.45, 2.75) is 0 Å². The summed E-state index contributed by atoms with van der Waals surface area (Å²) in [5.41, 5.74) is 1.41. The molecule has 2 rings (SSSR count). The Balaban J connectivity index is 2.60. The minimum absolute atomic E-state index is 0.0563. The topological polar surface area (TPSA) is 36.1 Å². The smallest absolute Gasteiger partial charge is 0.269 e. The molecular weight excluding hydrogens is 291 g/mol. The second-order valence-electron chi connectivity index (χ2n) is 3.73. The quantitative estimate of drug-likeness (QED) is 0.862. The average Bonchev–Trinajstić information content (AvgIpc) is 2.60. The van der Waals surface area contributed by atoms with E-state index in [9.17, 15) is 4.79 Å². The fourth-order valence-corrected chi connectivity index (χ4v) is 2.44. The van der Waals surface area contributed by atoms with E-state index in [2.05, 4.69) is 20.9 Å². The molecule has 0 fully saturated rings. The first-order chi connectivity index (χ1) is 7.49. The van der Waals surface area contributed by atoms with Crippen molar-refractivity contribution in [3.8, 4) is 0 Å². The second kappa shape index (κ2) is 4.11. The van der Waals surface area contributed by atoms with Gasteiger partial charge in [0, 0.05) is 34.5 Å². The highest BCUT2D eigenvalue weighted by atomic mass is 79.9. The molecule has 2 aromatic rings. The van der Waals surface area contributed by atoms with Gasteiger partial charge in [0.05, 0.1) is 0 Å². The lowest BCUT2D eigenvalue weighted by atomic mass is 10.2. The summed E-state index contributed by atoms with van der Waals surface area (Å²) in [5.74, 6) is -0.0563. The zero-order valence-corrected chi connectivity index (χ0v) is 11.2. The van der Waals surface area contributed by atoms with Crippen LogP contribution in [0.4, 0.5) is 0 Å². The van der Waals surface area contributed by atoms with Crippen molar-refractivity contribution in [3.63, 3.8) is 0 Å². The van der Waals surface area contributed by atoms with Crippen LogP contribution in [-0.4, -0.2) is 29.9 Å². The van der Waals surface area contributed by atoms with Crippen LogP contribution in [0.5, 0.6) is 0 Å². The first-order valence-corrected chi connectivity index (χ1v) is 5.85. The maximum absolute atomic E-state index is 11.8. The number of aromatic amines is 1. The molecule has 0 aliphatic carbocycles. The molecule has 1 N–H and O–H groups in total. The maximum atomic E-state index is 11.8. The summed E-state index contributed by atoms with van der Waals surface area (Å²) in [6.07, 6.45) is 0. The minimum Gasteiger partial charge on any atom is -0.350 e. The third-order valence-electron chi connectivity index (χ3n) is 2.29. The van der Waals surface area contributed by atoms with Gasteiger partial charge in [-0.15, -0.1) is 0 Å². The van der Waals surface area contributed by atoms with Gasteiger partial charge in [0.2, 0.25) is 0 Å². The molecule has 0 aliphatic rings. The number of hydrogen-bond acceptors (Lipinski definition) is 1. The Hall–Kier alpha value is -1.00. The van der Waals surface area contributed by atoms with E-state index in [4.69, 9.17) is 11.6 Å². The number of hydrogen-bond donors (Lipinski definition) is 1. The van der Waals surface area contributed by atoms with Gasteiger partial charge in [-0.3, -0.25) is 4.79 Å². The summed E-state index contributed by atoms with van der Waals surface area (Å²) >= 11 is 9.35. The number of benzene rings is 1. The van der Waals surface area contributed by atoms with Crippen LogP contribution in [0, 0.1) is 0 Å². The van der Waals surface area contributed by atoms with Crippen molar-refractivity contribution in [1.82, 2.24) is 9.88 Å². The number of aromatic nitrogens is 1. The average molecular weight is 302 g/mol. The summed E-state index contributed by atoms with van der Waals surface area (Å²) in [6, 6.07) is 5.42. The van der Waals surface area contributed by atoms with Gasteiger partial charge in [0.1, 0.15) is 5.69 Å². The van der Waals surface area contributed by atoms with Gasteiger partial charge in [-0.05, 0) is 18.2 Å². The number of amides is 1. The lowest BCUT2D eigenvalue weighted by Crippen LogP contribution is -2.21. The minimum atomic E-state index is -0.0563. The van der Waals surface area contributed by atoms with Crippen molar-refractivity contribution in [1.29, 1.82) is 0 Å². The van der Waals surface area contributed by atoms with Crippen LogP contribution in [0.25, 0.3) is 10.9 Å². The van der Waals surface area contributed by atoms with Crippen LogP contribution < -0.4 is 0 Å². The molecule has 0 radical (unpaired) electrons. The summed E-state index contributed by atoms with van der Waals surface area (Å²) in [7, 11) is 3.44. The second-order valence-corrected chi connectivity index (χ2v) is 5.02. The van der Waals surface area contributed by atoms with Gasteiger partial charge in [-0.1, -0.05) is 27.5 Å². The van der Waals surface area contributed by atoms with Crippen molar-refractivity contribution < 1.29 is 4.79 Å². The summed E-state index contributed by atoms with van der Waals surface area (Å²) < 4.78 is 0.879. The zero-order chi connectivity index (χ0) is 11.9. The summed E-state index contributed by atoms with van der Waals surface area (Å²) in [4.78, 5) is 16.3. The van der Waals surface area contributed by atoms with Gasteiger partial charge in [-0.25, -0.2) is 0 Å². The third kappa shape index (κ3) is 1.95. The van der Waals surface area contributed by atoms with Crippen LogP contribution >= 0.6 is 27.5 Å². The largest absolute Gasteiger partial charge is 0.350 e. The van der Waals surface area contributed by atoms with Crippen molar-refractivity contribution in [2.24, 2.45) is 0 Å². The van der Waals surface area contributed by atoms with Crippen molar-refractivity contribution in [3.05, 3.63) is 33.4 Å². The monoisotopic (exact) mass is 300 g/mol. The standard InChI is InChI=1S/C11H10BrClN2O/c1-15(2)11(16)10-5-7-8(12)3-6(13)4-9(7)14-10/h3-5,14H,1-2H3. The third-order valence-corrected chi connectivity index (χ3v) is 3.16. The molecule has 0 spiro atoms. The fraction of sp³-hybridized carbons (Fsp3) is 0.182. The van der Waals surface area contributed by atoms with Crippen LogP contribution in [0.15, 0.2) is 22.7 Å².